The molecule has 72 heavy (non-hydrogen) atoms. The van der Waals surface area contributed by atoms with E-state index in [1.807, 2.05) is 0 Å². The van der Waals surface area contributed by atoms with E-state index in [9.17, 15) is 0 Å². The molecule has 0 atom stereocenters. The molecule has 0 saturated carbocycles. The van der Waals surface area contributed by atoms with Crippen LogP contribution in [0.15, 0.2) is 227 Å². The standard InChI is InChI=1S/C66H46N4O2/c1-3-67-54-23-13-11-21-50(54)63-56(67)25-15-27-58(63)69(45-17-7-5-8-18-45)47-31-29-41-37-52-49-33-34-60-65(66(49)72-61(52)39-43(41)35-47)53-38-42-30-32-48(36-44(42)40-62(53)71-60)70(46-19-9-6-10-20-46)59-28-16-26-57-64(59)51-22-12-14-24-55(51)68(57)4-2/h5-40H,3-4H2,1-2H3. The molecule has 4 heterocycles. The zero-order chi connectivity index (χ0) is 47.6. The van der Waals surface area contributed by atoms with Crippen LogP contribution in [0.3, 0.4) is 0 Å². The molecule has 0 spiro atoms. The Labute approximate surface area is 414 Å². The zero-order valence-electron chi connectivity index (χ0n) is 39.8. The SMILES string of the molecule is CCn1c2ccccc2c2c(N(c3ccccc3)c3ccc4cc5c(cc4c3)oc3c5ccc4oc5cc6cc(N(c7ccccc7)c7cccc8c7c7ccccc7n8CC)ccc6cc5c43)cccc21. The molecule has 6 nitrogen and oxygen atoms in total. The molecule has 0 amide bonds. The Kier molecular flexibility index (Phi) is 8.81. The van der Waals surface area contributed by atoms with Crippen LogP contribution in [-0.2, 0) is 13.1 Å². The first-order valence-electron chi connectivity index (χ1n) is 25.0. The Morgan fingerprint density at radius 1 is 0.319 bits per heavy atom. The fraction of sp³-hybridized carbons (Fsp3) is 0.0606. The maximum Gasteiger partial charge on any atom is 0.147 e. The number of nitrogens with zero attached hydrogens (tertiary/aromatic N) is 4. The molecule has 0 unspecified atom stereocenters. The van der Waals surface area contributed by atoms with Crippen LogP contribution in [0.2, 0.25) is 0 Å². The first-order chi connectivity index (χ1) is 35.6. The number of rotatable bonds is 8. The molecule has 0 aliphatic heterocycles. The van der Waals surface area contributed by atoms with Gasteiger partial charge in [0.1, 0.15) is 22.3 Å². The van der Waals surface area contributed by atoms with Crippen molar-refractivity contribution in [3.63, 3.8) is 0 Å². The highest BCUT2D eigenvalue weighted by atomic mass is 16.3. The predicted octanol–water partition coefficient (Wildman–Crippen LogP) is 19.0. The number of aromatic nitrogens is 2. The van der Waals surface area contributed by atoms with Gasteiger partial charge in [-0.1, -0.05) is 97.1 Å². The quantitative estimate of drug-likeness (QED) is 0.152. The van der Waals surface area contributed by atoms with Gasteiger partial charge in [-0.15, -0.1) is 0 Å². The Morgan fingerprint density at radius 2 is 0.806 bits per heavy atom. The molecule has 342 valence electrons. The van der Waals surface area contributed by atoms with Crippen LogP contribution < -0.4 is 9.80 Å². The third-order valence-electron chi connectivity index (χ3n) is 15.2. The molecule has 0 aliphatic carbocycles. The molecule has 4 aromatic heterocycles. The molecular formula is C66H46N4O2. The number of hydrogen-bond donors (Lipinski definition) is 0. The summed E-state index contributed by atoms with van der Waals surface area (Å²) in [6.45, 7) is 6.23. The maximum atomic E-state index is 6.98. The Bertz CT molecular complexity index is 4670. The second-order valence-electron chi connectivity index (χ2n) is 19.0. The number of fused-ring (bicyclic) bond motifs is 15. The Hall–Kier alpha value is -9.26. The van der Waals surface area contributed by atoms with Crippen LogP contribution in [0.5, 0.6) is 0 Å². The average molecular weight is 927 g/mol. The first-order valence-corrected chi connectivity index (χ1v) is 25.0. The van der Waals surface area contributed by atoms with Crippen LogP contribution in [0.25, 0.3) is 109 Å². The van der Waals surface area contributed by atoms with Crippen LogP contribution in [0.4, 0.5) is 34.1 Å². The average Bonchev–Trinajstić information content (AvgIpc) is 4.17. The lowest BCUT2D eigenvalue weighted by atomic mass is 10.0. The summed E-state index contributed by atoms with van der Waals surface area (Å²) in [6, 6.07) is 79.2. The molecule has 11 aromatic carbocycles. The van der Waals surface area contributed by atoms with Gasteiger partial charge >= 0.3 is 0 Å². The van der Waals surface area contributed by atoms with Gasteiger partial charge in [-0.25, -0.2) is 0 Å². The molecule has 0 radical (unpaired) electrons. The lowest BCUT2D eigenvalue weighted by molar-refractivity contribution is 0.663. The molecule has 15 rings (SSSR count). The monoisotopic (exact) mass is 926 g/mol. The van der Waals surface area contributed by atoms with Gasteiger partial charge in [-0.05, 0) is 157 Å². The largest absolute Gasteiger partial charge is 0.456 e. The summed E-state index contributed by atoms with van der Waals surface area (Å²) in [5.74, 6) is 0. The molecule has 15 aromatic rings. The summed E-state index contributed by atoms with van der Waals surface area (Å²) in [5.41, 5.74) is 14.9. The second-order valence-corrected chi connectivity index (χ2v) is 19.0. The van der Waals surface area contributed by atoms with Crippen LogP contribution in [-0.4, -0.2) is 9.13 Å². The van der Waals surface area contributed by atoms with Crippen molar-refractivity contribution in [3.05, 3.63) is 218 Å². The van der Waals surface area contributed by atoms with Crippen molar-refractivity contribution in [1.29, 1.82) is 0 Å². The topological polar surface area (TPSA) is 42.6 Å². The first kappa shape index (κ1) is 40.6. The van der Waals surface area contributed by atoms with Gasteiger partial charge in [0.05, 0.1) is 27.8 Å². The molecule has 6 heteroatoms. The van der Waals surface area contributed by atoms with Crippen molar-refractivity contribution in [2.24, 2.45) is 0 Å². The Morgan fingerprint density at radius 3 is 1.35 bits per heavy atom. The number of anilines is 6. The second kappa shape index (κ2) is 15.6. The molecule has 0 saturated heterocycles. The van der Waals surface area contributed by atoms with E-state index in [2.05, 4.69) is 251 Å². The highest BCUT2D eigenvalue weighted by molar-refractivity contribution is 6.25. The summed E-state index contributed by atoms with van der Waals surface area (Å²) >= 11 is 0. The van der Waals surface area contributed by atoms with Gasteiger partial charge in [-0.2, -0.15) is 0 Å². The van der Waals surface area contributed by atoms with Crippen molar-refractivity contribution in [3.8, 4) is 0 Å². The van der Waals surface area contributed by atoms with E-state index in [1.54, 1.807) is 0 Å². The van der Waals surface area contributed by atoms with Crippen molar-refractivity contribution in [1.82, 2.24) is 9.13 Å². The predicted molar refractivity (Wildman–Crippen MR) is 303 cm³/mol. The van der Waals surface area contributed by atoms with Gasteiger partial charge in [0.2, 0.25) is 0 Å². The van der Waals surface area contributed by atoms with E-state index < -0.39 is 0 Å². The molecular weight excluding hydrogens is 881 g/mol. The summed E-state index contributed by atoms with van der Waals surface area (Å²) in [6.07, 6.45) is 0. The van der Waals surface area contributed by atoms with Gasteiger partial charge in [0, 0.05) is 84.6 Å². The molecule has 0 fully saturated rings. The van der Waals surface area contributed by atoms with Crippen molar-refractivity contribution >= 4 is 143 Å². The minimum Gasteiger partial charge on any atom is -0.456 e. The maximum absolute atomic E-state index is 6.98. The lowest BCUT2D eigenvalue weighted by Crippen LogP contribution is -2.10. The van der Waals surface area contributed by atoms with Gasteiger partial charge in [0.15, 0.2) is 0 Å². The molecule has 0 aliphatic rings. The summed E-state index contributed by atoms with van der Waals surface area (Å²) in [5, 5.41) is 13.7. The summed E-state index contributed by atoms with van der Waals surface area (Å²) in [4.78, 5) is 4.80. The highest BCUT2D eigenvalue weighted by Crippen LogP contribution is 2.47. The minimum absolute atomic E-state index is 0.806. The zero-order valence-corrected chi connectivity index (χ0v) is 39.8. The number of para-hydroxylation sites is 4. The van der Waals surface area contributed by atoms with E-state index in [1.165, 1.54) is 43.6 Å². The smallest absolute Gasteiger partial charge is 0.147 e. The van der Waals surface area contributed by atoms with Crippen LogP contribution in [0.1, 0.15) is 13.8 Å². The lowest BCUT2D eigenvalue weighted by Gasteiger charge is -2.27. The number of aryl methyl sites for hydroxylation is 2. The van der Waals surface area contributed by atoms with E-state index >= 15 is 0 Å². The van der Waals surface area contributed by atoms with Crippen LogP contribution >= 0.6 is 0 Å². The van der Waals surface area contributed by atoms with E-state index in [0.717, 1.165) is 113 Å². The fourth-order valence-electron chi connectivity index (χ4n) is 12.1. The van der Waals surface area contributed by atoms with Crippen LogP contribution in [0, 0.1) is 0 Å². The highest BCUT2D eigenvalue weighted by Gasteiger charge is 2.24. The van der Waals surface area contributed by atoms with Crippen molar-refractivity contribution in [2.45, 2.75) is 26.9 Å². The summed E-state index contributed by atoms with van der Waals surface area (Å²) < 4.78 is 18.6. The third kappa shape index (κ3) is 5.90. The summed E-state index contributed by atoms with van der Waals surface area (Å²) in [7, 11) is 0. The van der Waals surface area contributed by atoms with Gasteiger partial charge in [-0.3, -0.25) is 0 Å². The normalized spacial score (nSPS) is 12.1. The Balaban J connectivity index is 0.867. The fourth-order valence-corrected chi connectivity index (χ4v) is 12.1. The van der Waals surface area contributed by atoms with E-state index in [0.29, 0.717) is 0 Å². The van der Waals surface area contributed by atoms with Crippen molar-refractivity contribution < 1.29 is 8.83 Å². The van der Waals surface area contributed by atoms with Gasteiger partial charge < -0.3 is 27.8 Å². The number of hydrogen-bond acceptors (Lipinski definition) is 4. The number of benzene rings is 11. The molecule has 0 N–H and O–H groups in total. The number of furan rings is 2. The third-order valence-corrected chi connectivity index (χ3v) is 15.2. The van der Waals surface area contributed by atoms with Crippen molar-refractivity contribution in [2.75, 3.05) is 9.80 Å². The van der Waals surface area contributed by atoms with E-state index in [-0.39, 0.29) is 0 Å². The molecule has 0 bridgehead atoms. The van der Waals surface area contributed by atoms with Gasteiger partial charge in [0.25, 0.3) is 0 Å². The minimum atomic E-state index is 0.806. The van der Waals surface area contributed by atoms with E-state index in [4.69, 9.17) is 8.83 Å².